The fourth-order valence-corrected chi connectivity index (χ4v) is 6.44. The first-order valence-electron chi connectivity index (χ1n) is 17.4. The van der Waals surface area contributed by atoms with Gasteiger partial charge in [0.1, 0.15) is 17.5 Å². The number of primary amides is 1. The van der Waals surface area contributed by atoms with Gasteiger partial charge in [0.05, 0.1) is 43.4 Å². The van der Waals surface area contributed by atoms with Crippen molar-refractivity contribution in [3.8, 4) is 11.5 Å². The number of aliphatic hydroxyl groups is 1. The maximum atomic E-state index is 13.9. The van der Waals surface area contributed by atoms with Crippen LogP contribution in [0.2, 0.25) is 0 Å². The molecule has 0 unspecified atom stereocenters. The van der Waals surface area contributed by atoms with Crippen LogP contribution in [0.5, 0.6) is 11.5 Å². The summed E-state index contributed by atoms with van der Waals surface area (Å²) < 4.78 is 12.0. The van der Waals surface area contributed by atoms with Crippen LogP contribution in [0.1, 0.15) is 68.8 Å². The van der Waals surface area contributed by atoms with E-state index in [-0.39, 0.29) is 24.4 Å². The number of hydrogen-bond acceptors (Lipinski definition) is 8. The van der Waals surface area contributed by atoms with E-state index in [0.717, 1.165) is 29.2 Å². The monoisotopic (exact) mass is 687 g/mol. The molecular formula is C38H49N5O7. The molecule has 1 fully saturated rings. The summed E-state index contributed by atoms with van der Waals surface area (Å²) in [6.45, 7) is 7.31. The molecule has 2 bridgehead atoms. The van der Waals surface area contributed by atoms with E-state index in [2.05, 4.69) is 16.0 Å². The number of nitrogens with one attached hydrogen (secondary N) is 3. The Hall–Kier alpha value is -4.68. The first-order chi connectivity index (χ1) is 23.9. The first kappa shape index (κ1) is 36.6. The van der Waals surface area contributed by atoms with Crippen LogP contribution in [0.3, 0.4) is 0 Å². The molecule has 0 saturated carbocycles. The van der Waals surface area contributed by atoms with Crippen LogP contribution in [0, 0.1) is 0 Å². The molecule has 3 aliphatic heterocycles. The van der Waals surface area contributed by atoms with E-state index in [1.165, 1.54) is 0 Å². The molecule has 3 heterocycles. The second kappa shape index (κ2) is 16.4. The molecule has 0 spiro atoms. The average molecular weight is 688 g/mol. The van der Waals surface area contributed by atoms with Gasteiger partial charge in [0, 0.05) is 12.1 Å². The smallest absolute Gasteiger partial charge is 0.255 e. The summed E-state index contributed by atoms with van der Waals surface area (Å²) in [4.78, 5) is 55.0. The van der Waals surface area contributed by atoms with E-state index < -0.39 is 53.9 Å². The summed E-state index contributed by atoms with van der Waals surface area (Å²) >= 11 is 0. The minimum absolute atomic E-state index is 0.108. The lowest BCUT2D eigenvalue weighted by atomic mass is 9.99. The molecule has 0 aromatic heterocycles. The molecule has 3 aromatic rings. The van der Waals surface area contributed by atoms with Crippen LogP contribution in [-0.2, 0) is 20.8 Å². The summed E-state index contributed by atoms with van der Waals surface area (Å²) in [6.07, 6.45) is 1.51. The summed E-state index contributed by atoms with van der Waals surface area (Å²) in [5, 5.41) is 22.0. The van der Waals surface area contributed by atoms with Crippen molar-refractivity contribution in [2.24, 2.45) is 5.73 Å². The predicted molar refractivity (Wildman–Crippen MR) is 190 cm³/mol. The predicted octanol–water partition coefficient (Wildman–Crippen LogP) is 2.83. The lowest BCUT2D eigenvalue weighted by Gasteiger charge is -2.32. The number of carbonyl (C=O) groups is 4. The van der Waals surface area contributed by atoms with Crippen molar-refractivity contribution in [1.82, 2.24) is 20.9 Å². The van der Waals surface area contributed by atoms with Gasteiger partial charge in [-0.3, -0.25) is 24.1 Å². The number of rotatable bonds is 6. The molecule has 0 aliphatic carbocycles. The minimum atomic E-state index is -1.33. The molecule has 268 valence electrons. The fraction of sp³-hybridized carbons (Fsp3) is 0.474. The van der Waals surface area contributed by atoms with Crippen molar-refractivity contribution in [2.75, 3.05) is 26.3 Å². The molecule has 1 saturated heterocycles. The molecule has 3 aromatic carbocycles. The number of benzene rings is 3. The van der Waals surface area contributed by atoms with Crippen LogP contribution >= 0.6 is 0 Å². The Labute approximate surface area is 293 Å². The van der Waals surface area contributed by atoms with Crippen LogP contribution in [-0.4, -0.2) is 89.7 Å². The number of β-amino-alcohol motifs (C(OH)–C–C–N with tert-alkyl or cyclic N) is 1. The summed E-state index contributed by atoms with van der Waals surface area (Å²) in [5.41, 5.74) is 6.19. The topological polar surface area (TPSA) is 172 Å². The molecule has 3 aliphatic rings. The standard InChI is InChI=1S/C38H49N5O7/c1-38(2,3)42-37(48)31-11-8-16-43(31)23-32(44)29-19-24-12-14-27(15-13-24)49-17-6-7-18-50-33-21-26-10-5-4-9-25(26)20-28(33)35(46)41-30(22-34(39)45)36(47)40-29/h4-5,9-10,12-15,20-21,29-32,44H,6-8,11,16-19,22-23H2,1-3H3,(H2,39,45)(H,40,47)(H,41,46)(H,42,48)/t29-,30-,31-,32+/m0/s1. The van der Waals surface area contributed by atoms with E-state index in [4.69, 9.17) is 15.2 Å². The van der Waals surface area contributed by atoms with Crippen molar-refractivity contribution >= 4 is 34.4 Å². The summed E-state index contributed by atoms with van der Waals surface area (Å²) in [6, 6.07) is 15.9. The zero-order valence-electron chi connectivity index (χ0n) is 29.1. The van der Waals surface area contributed by atoms with Crippen LogP contribution in [0.25, 0.3) is 10.8 Å². The summed E-state index contributed by atoms with van der Waals surface area (Å²) in [7, 11) is 0. The highest BCUT2D eigenvalue weighted by Crippen LogP contribution is 2.27. The highest BCUT2D eigenvalue weighted by molar-refractivity contribution is 6.04. The second-order valence-electron chi connectivity index (χ2n) is 14.2. The van der Waals surface area contributed by atoms with Gasteiger partial charge < -0.3 is 36.3 Å². The van der Waals surface area contributed by atoms with E-state index in [1.54, 1.807) is 12.1 Å². The molecule has 6 N–H and O–H groups in total. The third-order valence-corrected chi connectivity index (χ3v) is 8.94. The Balaban J connectivity index is 1.43. The molecule has 12 nitrogen and oxygen atoms in total. The number of carbonyl (C=O) groups excluding carboxylic acids is 4. The molecule has 50 heavy (non-hydrogen) atoms. The van der Waals surface area contributed by atoms with Crippen LogP contribution in [0.4, 0.5) is 0 Å². The number of amides is 4. The quantitative estimate of drug-likeness (QED) is 0.263. The molecule has 12 heteroatoms. The number of likely N-dealkylation sites (tertiary alicyclic amines) is 1. The maximum absolute atomic E-state index is 13.9. The Bertz CT molecular complexity index is 1670. The molecule has 0 radical (unpaired) electrons. The number of nitrogens with zero attached hydrogens (tertiary/aromatic N) is 1. The van der Waals surface area contributed by atoms with E-state index in [0.29, 0.717) is 44.1 Å². The van der Waals surface area contributed by atoms with Crippen molar-refractivity contribution in [3.63, 3.8) is 0 Å². The highest BCUT2D eigenvalue weighted by atomic mass is 16.5. The third-order valence-electron chi connectivity index (χ3n) is 8.94. The summed E-state index contributed by atoms with van der Waals surface area (Å²) in [5.74, 6) is -1.14. The van der Waals surface area contributed by atoms with Crippen LogP contribution < -0.4 is 31.2 Å². The van der Waals surface area contributed by atoms with Crippen molar-refractivity contribution in [3.05, 3.63) is 71.8 Å². The third kappa shape index (κ3) is 9.95. The fourth-order valence-electron chi connectivity index (χ4n) is 6.44. The average Bonchev–Trinajstić information content (AvgIpc) is 3.53. The number of hydrogen-bond donors (Lipinski definition) is 5. The van der Waals surface area contributed by atoms with Crippen molar-refractivity contribution < 1.29 is 33.8 Å². The first-order valence-corrected chi connectivity index (χ1v) is 17.4. The Morgan fingerprint density at radius 3 is 2.34 bits per heavy atom. The number of fused-ring (bicyclic) bond motifs is 14. The molecular weight excluding hydrogens is 638 g/mol. The second-order valence-corrected chi connectivity index (χ2v) is 14.2. The van der Waals surface area contributed by atoms with E-state index in [9.17, 15) is 24.3 Å². The van der Waals surface area contributed by atoms with E-state index >= 15 is 0 Å². The van der Waals surface area contributed by atoms with E-state index in [1.807, 2.05) is 74.2 Å². The normalized spacial score (nSPS) is 21.7. The van der Waals surface area contributed by atoms with Gasteiger partial charge in [0.2, 0.25) is 17.7 Å². The Morgan fingerprint density at radius 2 is 1.66 bits per heavy atom. The SMILES string of the molecule is CC(C)(C)NC(=O)[C@@H]1CCCN1C[C@@H](O)[C@@H]1Cc2ccc(cc2)OCCCCOc2cc3ccccc3cc2C(=O)N[C@@H](CC(N)=O)C(=O)N1. The lowest BCUT2D eigenvalue weighted by Crippen LogP contribution is -2.57. The lowest BCUT2D eigenvalue weighted by molar-refractivity contribution is -0.129. The molecule has 4 amide bonds. The Kier molecular flexibility index (Phi) is 12.0. The number of ether oxygens (including phenoxy) is 2. The highest BCUT2D eigenvalue weighted by Gasteiger charge is 2.36. The Morgan fingerprint density at radius 1 is 0.980 bits per heavy atom. The van der Waals surface area contributed by atoms with Crippen molar-refractivity contribution in [2.45, 2.75) is 89.1 Å². The maximum Gasteiger partial charge on any atom is 0.255 e. The molecule has 6 rings (SSSR count). The largest absolute Gasteiger partial charge is 0.494 e. The minimum Gasteiger partial charge on any atom is -0.494 e. The van der Waals surface area contributed by atoms with Gasteiger partial charge in [-0.15, -0.1) is 0 Å². The zero-order valence-corrected chi connectivity index (χ0v) is 29.1. The van der Waals surface area contributed by atoms with Gasteiger partial charge in [-0.1, -0.05) is 36.4 Å². The van der Waals surface area contributed by atoms with Gasteiger partial charge in [-0.25, -0.2) is 0 Å². The zero-order chi connectivity index (χ0) is 35.8. The van der Waals surface area contributed by atoms with Gasteiger partial charge in [0.25, 0.3) is 5.91 Å². The van der Waals surface area contributed by atoms with Gasteiger partial charge in [0.15, 0.2) is 0 Å². The van der Waals surface area contributed by atoms with Gasteiger partial charge >= 0.3 is 0 Å². The van der Waals surface area contributed by atoms with Crippen LogP contribution in [0.15, 0.2) is 60.7 Å². The van der Waals surface area contributed by atoms with Gasteiger partial charge in [-0.2, -0.15) is 0 Å². The number of aliphatic hydroxyl groups excluding tert-OH is 1. The molecule has 4 atom stereocenters. The van der Waals surface area contributed by atoms with Gasteiger partial charge in [-0.05, 0) is 100 Å². The number of nitrogens with two attached hydrogens (primary N) is 1. The van der Waals surface area contributed by atoms with Crippen molar-refractivity contribution in [1.29, 1.82) is 0 Å².